The third-order valence-corrected chi connectivity index (χ3v) is 5.32. The summed E-state index contributed by atoms with van der Waals surface area (Å²) in [5.74, 6) is 0.932. The molecule has 0 aliphatic carbocycles. The fourth-order valence-corrected chi connectivity index (χ4v) is 3.56. The maximum Gasteiger partial charge on any atom is 0.303 e. The number of fused-ring (bicyclic) bond motifs is 1. The molecule has 2 aromatic rings. The maximum atomic E-state index is 11.2. The fourth-order valence-electron chi connectivity index (χ4n) is 3.28. The van der Waals surface area contributed by atoms with Crippen LogP contribution in [0.1, 0.15) is 44.3 Å². The van der Waals surface area contributed by atoms with Crippen molar-refractivity contribution in [3.8, 4) is 0 Å². The Balaban J connectivity index is 2.00. The minimum atomic E-state index is -0.810. The van der Waals surface area contributed by atoms with E-state index < -0.39 is 11.4 Å². The Kier molecular flexibility index (Phi) is 5.54. The van der Waals surface area contributed by atoms with Crippen molar-refractivity contribution in [2.24, 2.45) is 5.41 Å². The third kappa shape index (κ3) is 4.66. The normalized spacial score (nSPS) is 16.5. The van der Waals surface area contributed by atoms with Crippen molar-refractivity contribution in [1.29, 1.82) is 0 Å². The highest BCUT2D eigenvalue weighted by molar-refractivity contribution is 6.32. The van der Waals surface area contributed by atoms with E-state index in [1.807, 2.05) is 51.1 Å². The summed E-state index contributed by atoms with van der Waals surface area (Å²) in [6.45, 7) is 6.50. The highest BCUT2D eigenvalue weighted by Gasteiger charge is 2.29. The van der Waals surface area contributed by atoms with Crippen molar-refractivity contribution in [2.45, 2.75) is 46.2 Å². The number of anilines is 1. The Morgan fingerprint density at radius 2 is 1.96 bits per heavy atom. The Morgan fingerprint density at radius 3 is 2.59 bits per heavy atom. The van der Waals surface area contributed by atoms with Gasteiger partial charge in [-0.05, 0) is 36.1 Å². The van der Waals surface area contributed by atoms with E-state index in [2.05, 4.69) is 9.88 Å². The Labute approximate surface area is 169 Å². The molecule has 2 heterocycles. The lowest BCUT2D eigenvalue weighted by atomic mass is 9.85. The number of carboxylic acid groups (broad SMARTS) is 1. The highest BCUT2D eigenvalue weighted by atomic mass is 35.5. The average molecular weight is 408 g/mol. The molecule has 144 valence electrons. The number of halogens is 2. The van der Waals surface area contributed by atoms with Gasteiger partial charge in [-0.2, -0.15) is 0 Å². The second kappa shape index (κ2) is 7.56. The summed E-state index contributed by atoms with van der Waals surface area (Å²) in [5, 5.41) is 14.0. The van der Waals surface area contributed by atoms with Gasteiger partial charge in [0.25, 0.3) is 0 Å². The molecule has 0 bridgehead atoms. The van der Waals surface area contributed by atoms with Crippen molar-refractivity contribution in [3.63, 3.8) is 0 Å². The summed E-state index contributed by atoms with van der Waals surface area (Å²) in [6, 6.07) is 7.69. The zero-order valence-electron chi connectivity index (χ0n) is 15.6. The summed E-state index contributed by atoms with van der Waals surface area (Å²) in [4.78, 5) is 16.0. The number of nitrogens with zero attached hydrogens (tertiary/aromatic N) is 2. The van der Waals surface area contributed by atoms with Crippen molar-refractivity contribution in [2.75, 3.05) is 5.32 Å². The van der Waals surface area contributed by atoms with Crippen LogP contribution in [0, 0.1) is 5.41 Å². The predicted octanol–water partition coefficient (Wildman–Crippen LogP) is 5.02. The predicted molar refractivity (Wildman–Crippen MR) is 109 cm³/mol. The largest absolute Gasteiger partial charge is 0.481 e. The van der Waals surface area contributed by atoms with Gasteiger partial charge in [-0.15, -0.1) is 0 Å². The SMILES string of the molecule is CC1Nc2c(nc(CC(C)(C)CC(=O)O)n2Cc2ccc(Cl)cc2)C=C1Cl. The van der Waals surface area contributed by atoms with Crippen LogP contribution in [0.5, 0.6) is 0 Å². The van der Waals surface area contributed by atoms with Gasteiger partial charge in [0.05, 0.1) is 19.0 Å². The molecule has 0 spiro atoms. The summed E-state index contributed by atoms with van der Waals surface area (Å²) in [7, 11) is 0. The van der Waals surface area contributed by atoms with Crippen LogP contribution in [0.2, 0.25) is 5.02 Å². The topological polar surface area (TPSA) is 67.2 Å². The molecule has 1 unspecified atom stereocenters. The molecule has 5 nitrogen and oxygen atoms in total. The van der Waals surface area contributed by atoms with E-state index in [1.54, 1.807) is 0 Å². The Hall–Kier alpha value is -1.98. The standard InChI is InChI=1S/C20H23Cl2N3O2/c1-12-15(22)8-16-19(23-12)25(11-13-4-6-14(21)7-5-13)17(24-16)9-20(2,3)10-18(26)27/h4-8,12,23H,9-11H2,1-3H3,(H,26,27). The number of hydrogen-bond donors (Lipinski definition) is 2. The number of imidazole rings is 1. The molecule has 2 N–H and O–H groups in total. The number of aliphatic carboxylic acids is 1. The van der Waals surface area contributed by atoms with E-state index in [9.17, 15) is 9.90 Å². The smallest absolute Gasteiger partial charge is 0.303 e. The van der Waals surface area contributed by atoms with Crippen molar-refractivity contribution in [3.05, 3.63) is 51.4 Å². The van der Waals surface area contributed by atoms with E-state index in [0.717, 1.165) is 22.9 Å². The minimum absolute atomic E-state index is 0.000265. The van der Waals surface area contributed by atoms with Gasteiger partial charge in [-0.3, -0.25) is 4.79 Å². The molecule has 0 saturated carbocycles. The van der Waals surface area contributed by atoms with Crippen LogP contribution in [0.4, 0.5) is 5.82 Å². The summed E-state index contributed by atoms with van der Waals surface area (Å²) < 4.78 is 2.11. The van der Waals surface area contributed by atoms with Crippen molar-refractivity contribution < 1.29 is 9.90 Å². The van der Waals surface area contributed by atoms with Gasteiger partial charge in [-0.1, -0.05) is 49.2 Å². The van der Waals surface area contributed by atoms with Crippen molar-refractivity contribution >= 4 is 41.1 Å². The molecule has 1 aliphatic heterocycles. The number of rotatable bonds is 6. The highest BCUT2D eigenvalue weighted by Crippen LogP contribution is 2.33. The first-order chi connectivity index (χ1) is 12.6. The zero-order chi connectivity index (χ0) is 19.8. The van der Waals surface area contributed by atoms with E-state index in [-0.39, 0.29) is 12.5 Å². The van der Waals surface area contributed by atoms with Crippen LogP contribution in [0.15, 0.2) is 29.3 Å². The number of nitrogens with one attached hydrogen (secondary N) is 1. The molecular formula is C20H23Cl2N3O2. The first-order valence-corrected chi connectivity index (χ1v) is 9.59. The minimum Gasteiger partial charge on any atom is -0.481 e. The van der Waals surface area contributed by atoms with E-state index in [1.165, 1.54) is 0 Å². The molecule has 1 aliphatic rings. The summed E-state index contributed by atoms with van der Waals surface area (Å²) >= 11 is 12.3. The van der Waals surface area contributed by atoms with Gasteiger partial charge in [0.2, 0.25) is 0 Å². The van der Waals surface area contributed by atoms with E-state index >= 15 is 0 Å². The molecule has 7 heteroatoms. The molecule has 0 radical (unpaired) electrons. The van der Waals surface area contributed by atoms with Crippen LogP contribution in [0.25, 0.3) is 6.08 Å². The molecule has 1 atom stereocenters. The van der Waals surface area contributed by atoms with Gasteiger partial charge in [-0.25, -0.2) is 4.98 Å². The van der Waals surface area contributed by atoms with Gasteiger partial charge in [0.1, 0.15) is 17.3 Å². The molecule has 3 rings (SSSR count). The van der Waals surface area contributed by atoms with Crippen LogP contribution >= 0.6 is 23.2 Å². The first-order valence-electron chi connectivity index (χ1n) is 8.84. The van der Waals surface area contributed by atoms with E-state index in [4.69, 9.17) is 28.2 Å². The zero-order valence-corrected chi connectivity index (χ0v) is 17.1. The lowest BCUT2D eigenvalue weighted by Gasteiger charge is -2.24. The molecular weight excluding hydrogens is 385 g/mol. The number of hydrogen-bond acceptors (Lipinski definition) is 3. The van der Waals surface area contributed by atoms with Crippen LogP contribution in [-0.2, 0) is 17.8 Å². The average Bonchev–Trinajstić information content (AvgIpc) is 2.85. The second-order valence-electron chi connectivity index (χ2n) is 7.78. The third-order valence-electron chi connectivity index (χ3n) is 4.64. The van der Waals surface area contributed by atoms with Gasteiger partial charge >= 0.3 is 5.97 Å². The van der Waals surface area contributed by atoms with Crippen molar-refractivity contribution in [1.82, 2.24) is 9.55 Å². The van der Waals surface area contributed by atoms with Crippen LogP contribution in [0.3, 0.4) is 0 Å². The first kappa shape index (κ1) is 19.8. The van der Waals surface area contributed by atoms with E-state index in [0.29, 0.717) is 23.0 Å². The monoisotopic (exact) mass is 407 g/mol. The number of carbonyl (C=O) groups is 1. The van der Waals surface area contributed by atoms with Crippen LogP contribution < -0.4 is 5.32 Å². The Morgan fingerprint density at radius 1 is 1.30 bits per heavy atom. The fraction of sp³-hybridized carbons (Fsp3) is 0.400. The Bertz CT molecular complexity index is 885. The lowest BCUT2D eigenvalue weighted by Crippen LogP contribution is -2.24. The second-order valence-corrected chi connectivity index (χ2v) is 8.65. The number of aromatic nitrogens is 2. The summed E-state index contributed by atoms with van der Waals surface area (Å²) in [5.41, 5.74) is 1.46. The molecule has 1 aromatic heterocycles. The maximum absolute atomic E-state index is 11.2. The lowest BCUT2D eigenvalue weighted by molar-refractivity contribution is -0.139. The quantitative estimate of drug-likeness (QED) is 0.704. The molecule has 0 saturated heterocycles. The molecule has 0 amide bonds. The van der Waals surface area contributed by atoms with Crippen LogP contribution in [-0.4, -0.2) is 26.7 Å². The molecule has 1 aromatic carbocycles. The number of benzene rings is 1. The van der Waals surface area contributed by atoms with Gasteiger partial charge in [0, 0.05) is 16.5 Å². The van der Waals surface area contributed by atoms with Gasteiger partial charge in [0.15, 0.2) is 0 Å². The molecule has 27 heavy (non-hydrogen) atoms. The van der Waals surface area contributed by atoms with Gasteiger partial charge < -0.3 is 15.0 Å². The number of carboxylic acids is 1. The molecule has 0 fully saturated rings. The summed E-state index contributed by atoms with van der Waals surface area (Å²) in [6.07, 6.45) is 2.50.